The number of carbonyl (C=O) groups excluding carboxylic acids is 1. The summed E-state index contributed by atoms with van der Waals surface area (Å²) >= 11 is 0. The number of hydrogen-bond donors (Lipinski definition) is 1. The zero-order chi connectivity index (χ0) is 15.6. The van der Waals surface area contributed by atoms with Crippen molar-refractivity contribution in [2.45, 2.75) is 45.4 Å². The molecule has 122 valence electrons. The highest BCUT2D eigenvalue weighted by Gasteiger charge is 2.13. The van der Waals surface area contributed by atoms with Gasteiger partial charge in [-0.05, 0) is 37.0 Å². The molecule has 2 rings (SSSR count). The highest BCUT2D eigenvalue weighted by molar-refractivity contribution is 5.66. The average Bonchev–Trinajstić information content (AvgIpc) is 2.54. The number of alkyl carbamates (subject to hydrolysis) is 1. The third-order valence-corrected chi connectivity index (χ3v) is 4.09. The fourth-order valence-corrected chi connectivity index (χ4v) is 2.95. The molecule has 1 fully saturated rings. The monoisotopic (exact) mass is 305 g/mol. The third-order valence-electron chi connectivity index (χ3n) is 4.09. The van der Waals surface area contributed by atoms with Gasteiger partial charge < -0.3 is 14.8 Å². The van der Waals surface area contributed by atoms with Gasteiger partial charge >= 0.3 is 6.09 Å². The average molecular weight is 305 g/mol. The van der Waals surface area contributed by atoms with Crippen LogP contribution in [0, 0.1) is 5.92 Å². The number of nitrogens with one attached hydrogen (secondary N) is 1. The van der Waals surface area contributed by atoms with Gasteiger partial charge in [-0.3, -0.25) is 0 Å². The van der Waals surface area contributed by atoms with Crippen LogP contribution in [0.5, 0.6) is 5.75 Å². The minimum absolute atomic E-state index is 0.384. The fraction of sp³-hybridized carbons (Fsp3) is 0.611. The molecule has 0 spiro atoms. The minimum Gasteiger partial charge on any atom is -0.492 e. The molecular weight excluding hydrogens is 278 g/mol. The summed E-state index contributed by atoms with van der Waals surface area (Å²) in [6.45, 7) is 3.06. The minimum atomic E-state index is -0.395. The van der Waals surface area contributed by atoms with E-state index in [2.05, 4.69) is 17.4 Å². The van der Waals surface area contributed by atoms with Crippen LogP contribution in [0.4, 0.5) is 4.79 Å². The van der Waals surface area contributed by atoms with E-state index in [1.807, 2.05) is 12.1 Å². The van der Waals surface area contributed by atoms with Crippen molar-refractivity contribution in [3.63, 3.8) is 0 Å². The van der Waals surface area contributed by atoms with E-state index in [-0.39, 0.29) is 0 Å². The van der Waals surface area contributed by atoms with Crippen LogP contribution in [-0.2, 0) is 11.2 Å². The highest BCUT2D eigenvalue weighted by atomic mass is 16.5. The molecule has 0 atom stereocenters. The Morgan fingerprint density at radius 1 is 1.18 bits per heavy atom. The van der Waals surface area contributed by atoms with E-state index in [0.29, 0.717) is 19.8 Å². The summed E-state index contributed by atoms with van der Waals surface area (Å²) in [5, 5.41) is 2.63. The molecule has 0 unspecified atom stereocenters. The van der Waals surface area contributed by atoms with Crippen LogP contribution < -0.4 is 10.1 Å². The summed E-state index contributed by atoms with van der Waals surface area (Å²) < 4.78 is 10.4. The van der Waals surface area contributed by atoms with E-state index in [1.165, 1.54) is 44.1 Å². The van der Waals surface area contributed by atoms with Gasteiger partial charge in [0.2, 0.25) is 0 Å². The van der Waals surface area contributed by atoms with E-state index in [0.717, 1.165) is 11.7 Å². The van der Waals surface area contributed by atoms with E-state index in [9.17, 15) is 4.79 Å². The van der Waals surface area contributed by atoms with Crippen molar-refractivity contribution in [3.05, 3.63) is 29.8 Å². The van der Waals surface area contributed by atoms with Crippen molar-refractivity contribution in [1.29, 1.82) is 0 Å². The molecule has 1 aromatic rings. The largest absolute Gasteiger partial charge is 0.492 e. The van der Waals surface area contributed by atoms with Gasteiger partial charge in [0.1, 0.15) is 12.4 Å². The summed E-state index contributed by atoms with van der Waals surface area (Å²) in [6.07, 6.45) is 7.72. The van der Waals surface area contributed by atoms with E-state index < -0.39 is 6.09 Å². The number of rotatable bonds is 7. The summed E-state index contributed by atoms with van der Waals surface area (Å²) in [6, 6.07) is 8.34. The Hall–Kier alpha value is -1.71. The van der Waals surface area contributed by atoms with Crippen molar-refractivity contribution in [2.24, 2.45) is 5.92 Å². The van der Waals surface area contributed by atoms with Crippen LogP contribution in [0.15, 0.2) is 24.3 Å². The molecule has 1 aromatic carbocycles. The van der Waals surface area contributed by atoms with E-state index >= 15 is 0 Å². The zero-order valence-corrected chi connectivity index (χ0v) is 13.5. The van der Waals surface area contributed by atoms with Crippen LogP contribution in [0.3, 0.4) is 0 Å². The maximum absolute atomic E-state index is 11.1. The molecule has 0 aliphatic heterocycles. The van der Waals surface area contributed by atoms with Crippen LogP contribution in [-0.4, -0.2) is 25.9 Å². The molecule has 0 bridgehead atoms. The molecule has 1 amide bonds. The van der Waals surface area contributed by atoms with Crippen molar-refractivity contribution >= 4 is 6.09 Å². The Kier molecular flexibility index (Phi) is 7.07. The SMILES string of the molecule is CCOC(=O)NCCOc1ccc(CC2CCCCC2)cc1. The first kappa shape index (κ1) is 16.7. The number of ether oxygens (including phenoxy) is 2. The summed E-state index contributed by atoms with van der Waals surface area (Å²) in [4.78, 5) is 11.1. The molecule has 1 aliphatic carbocycles. The number of hydrogen-bond acceptors (Lipinski definition) is 3. The third kappa shape index (κ3) is 5.96. The Bertz CT molecular complexity index is 438. The lowest BCUT2D eigenvalue weighted by molar-refractivity contribution is 0.150. The number of carbonyl (C=O) groups is 1. The Morgan fingerprint density at radius 2 is 1.91 bits per heavy atom. The summed E-state index contributed by atoms with van der Waals surface area (Å²) in [5.41, 5.74) is 1.39. The second-order valence-electron chi connectivity index (χ2n) is 5.85. The first-order chi connectivity index (χ1) is 10.8. The van der Waals surface area contributed by atoms with Gasteiger partial charge in [-0.25, -0.2) is 4.79 Å². The van der Waals surface area contributed by atoms with Crippen molar-refractivity contribution in [3.8, 4) is 5.75 Å². The summed E-state index contributed by atoms with van der Waals surface area (Å²) in [7, 11) is 0. The second kappa shape index (κ2) is 9.34. The topological polar surface area (TPSA) is 47.6 Å². The van der Waals surface area contributed by atoms with Crippen LogP contribution in [0.1, 0.15) is 44.6 Å². The smallest absolute Gasteiger partial charge is 0.407 e. The molecule has 0 heterocycles. The van der Waals surface area contributed by atoms with Gasteiger partial charge in [-0.2, -0.15) is 0 Å². The Balaban J connectivity index is 1.66. The molecular formula is C18H27NO3. The number of benzene rings is 1. The molecule has 0 radical (unpaired) electrons. The molecule has 0 aromatic heterocycles. The van der Waals surface area contributed by atoms with Crippen LogP contribution in [0.2, 0.25) is 0 Å². The second-order valence-corrected chi connectivity index (χ2v) is 5.85. The zero-order valence-electron chi connectivity index (χ0n) is 13.5. The lowest BCUT2D eigenvalue weighted by atomic mass is 9.85. The molecule has 1 N–H and O–H groups in total. The lowest BCUT2D eigenvalue weighted by Gasteiger charge is -2.21. The highest BCUT2D eigenvalue weighted by Crippen LogP contribution is 2.27. The lowest BCUT2D eigenvalue weighted by Crippen LogP contribution is -2.28. The maximum Gasteiger partial charge on any atom is 0.407 e. The van der Waals surface area contributed by atoms with Crippen molar-refractivity contribution < 1.29 is 14.3 Å². The summed E-state index contributed by atoms with van der Waals surface area (Å²) in [5.74, 6) is 1.70. The Morgan fingerprint density at radius 3 is 2.59 bits per heavy atom. The van der Waals surface area contributed by atoms with Gasteiger partial charge in [0.25, 0.3) is 0 Å². The van der Waals surface area contributed by atoms with Gasteiger partial charge in [0, 0.05) is 0 Å². The molecule has 22 heavy (non-hydrogen) atoms. The van der Waals surface area contributed by atoms with Crippen LogP contribution >= 0.6 is 0 Å². The van der Waals surface area contributed by atoms with E-state index in [1.54, 1.807) is 6.92 Å². The standard InChI is InChI=1S/C18H27NO3/c1-2-21-18(20)19-12-13-22-17-10-8-16(9-11-17)14-15-6-4-3-5-7-15/h8-11,15H,2-7,12-14H2,1H3,(H,19,20). The first-order valence-corrected chi connectivity index (χ1v) is 8.40. The molecule has 4 heteroatoms. The maximum atomic E-state index is 11.1. The Labute approximate surface area is 133 Å². The molecule has 1 saturated carbocycles. The molecule has 4 nitrogen and oxygen atoms in total. The van der Waals surface area contributed by atoms with E-state index in [4.69, 9.17) is 9.47 Å². The predicted octanol–water partition coefficient (Wildman–Crippen LogP) is 3.93. The molecule has 1 aliphatic rings. The van der Waals surface area contributed by atoms with Crippen molar-refractivity contribution in [1.82, 2.24) is 5.32 Å². The van der Waals surface area contributed by atoms with Gasteiger partial charge in [0.05, 0.1) is 13.2 Å². The quantitative estimate of drug-likeness (QED) is 0.776. The first-order valence-electron chi connectivity index (χ1n) is 8.40. The van der Waals surface area contributed by atoms with Crippen molar-refractivity contribution in [2.75, 3.05) is 19.8 Å². The number of amides is 1. The van der Waals surface area contributed by atoms with Crippen LogP contribution in [0.25, 0.3) is 0 Å². The van der Waals surface area contributed by atoms with Gasteiger partial charge in [-0.1, -0.05) is 44.2 Å². The normalized spacial score (nSPS) is 15.3. The molecule has 0 saturated heterocycles. The van der Waals surface area contributed by atoms with Gasteiger partial charge in [0.15, 0.2) is 0 Å². The predicted molar refractivity (Wildman–Crippen MR) is 87.2 cm³/mol. The van der Waals surface area contributed by atoms with Gasteiger partial charge in [-0.15, -0.1) is 0 Å². The fourth-order valence-electron chi connectivity index (χ4n) is 2.95.